The van der Waals surface area contributed by atoms with Crippen LogP contribution in [0.1, 0.15) is 121 Å². The second-order valence-corrected chi connectivity index (χ2v) is 18.0. The predicted molar refractivity (Wildman–Crippen MR) is 258 cm³/mol. The average molecular weight is 811 g/mol. The fourth-order valence-corrected chi connectivity index (χ4v) is 8.07. The molecule has 0 fully saturated rings. The van der Waals surface area contributed by atoms with Crippen LogP contribution in [-0.4, -0.2) is 19.6 Å². The maximum atomic E-state index is 12.4. The lowest BCUT2D eigenvalue weighted by atomic mass is 9.83. The SMILES string of the molecule is [2H]C([2H])([2H])C(c1ccc(-n2c(-c3cc(C(C)C)cc(C(C)C)c3O)nc3c(-c4cc(-c5cc(-c6ccc(C)cc6)ccn5)cc(C(C)(C)C)c4)cccc32)c(-c2ccccc2)c1)(C([2H])([2H])[2H])C([2H])([2H])[2H]. The van der Waals surface area contributed by atoms with Crippen molar-refractivity contribution >= 4 is 11.0 Å². The van der Waals surface area contributed by atoms with Crippen molar-refractivity contribution in [1.82, 2.24) is 14.5 Å². The van der Waals surface area contributed by atoms with Crippen LogP contribution in [0.5, 0.6) is 5.75 Å². The van der Waals surface area contributed by atoms with Gasteiger partial charge in [-0.1, -0.05) is 160 Å². The van der Waals surface area contributed by atoms with Crippen LogP contribution in [0, 0.1) is 6.92 Å². The molecule has 0 saturated heterocycles. The van der Waals surface area contributed by atoms with E-state index in [0.29, 0.717) is 39.2 Å². The monoisotopic (exact) mass is 811 g/mol. The summed E-state index contributed by atoms with van der Waals surface area (Å²) in [4.78, 5) is 10.4. The number of rotatable bonds is 8. The molecule has 4 nitrogen and oxygen atoms in total. The normalized spacial score (nSPS) is 15.0. The summed E-state index contributed by atoms with van der Waals surface area (Å²) < 4.78 is 79.3. The Kier molecular flexibility index (Phi) is 8.27. The quantitative estimate of drug-likeness (QED) is 0.166. The van der Waals surface area contributed by atoms with Crippen molar-refractivity contribution in [2.24, 2.45) is 0 Å². The number of hydrogen-bond donors (Lipinski definition) is 1. The van der Waals surface area contributed by atoms with Crippen molar-refractivity contribution in [2.45, 2.75) is 98.6 Å². The molecular formula is C57H59N3O. The van der Waals surface area contributed by atoms with Crippen LogP contribution in [0.15, 0.2) is 140 Å². The Morgan fingerprint density at radius 2 is 1.33 bits per heavy atom. The first-order valence-electron chi connectivity index (χ1n) is 25.5. The van der Waals surface area contributed by atoms with Gasteiger partial charge in [-0.15, -0.1) is 0 Å². The highest BCUT2D eigenvalue weighted by atomic mass is 16.3. The molecule has 0 atom stereocenters. The predicted octanol–water partition coefficient (Wildman–Crippen LogP) is 15.6. The molecule has 8 aromatic rings. The van der Waals surface area contributed by atoms with Crippen molar-refractivity contribution in [3.63, 3.8) is 0 Å². The van der Waals surface area contributed by atoms with Crippen molar-refractivity contribution in [2.75, 3.05) is 0 Å². The molecular weight excluding hydrogens is 743 g/mol. The summed E-state index contributed by atoms with van der Waals surface area (Å²) in [6.07, 6.45) is 1.83. The van der Waals surface area contributed by atoms with E-state index in [0.717, 1.165) is 50.2 Å². The van der Waals surface area contributed by atoms with E-state index in [-0.39, 0.29) is 28.6 Å². The third kappa shape index (κ3) is 8.16. The van der Waals surface area contributed by atoms with Gasteiger partial charge in [0.25, 0.3) is 0 Å². The minimum Gasteiger partial charge on any atom is -0.507 e. The molecule has 2 aromatic heterocycles. The average Bonchev–Trinajstić information content (AvgIpc) is 3.67. The number of fused-ring (bicyclic) bond motifs is 1. The first kappa shape index (κ1) is 31.6. The van der Waals surface area contributed by atoms with E-state index in [4.69, 9.17) is 22.3 Å². The standard InChI is InChI=1S/C57H59N3O/c1-35(2)41-31-47(36(3)4)54(61)49(32-41)55-59-53-46(18-15-19-52(53)60(55)51-25-24-44(56(6,7)8)34-48(51)39-16-13-12-14-17-39)42-28-43(30-45(29-42)57(9,10)11)50-33-40(26-27-58-50)38-22-20-37(5)21-23-38/h12-36,61H,1-11H3/i6D3,7D3,8D3. The van der Waals surface area contributed by atoms with Crippen LogP contribution >= 0.6 is 0 Å². The molecule has 6 aromatic carbocycles. The molecule has 0 unspecified atom stereocenters. The number of aromatic hydroxyl groups is 1. The second-order valence-electron chi connectivity index (χ2n) is 18.0. The van der Waals surface area contributed by atoms with Crippen LogP contribution < -0.4 is 0 Å². The number of phenols is 1. The molecule has 0 aliphatic carbocycles. The third-order valence-electron chi connectivity index (χ3n) is 11.7. The van der Waals surface area contributed by atoms with Gasteiger partial charge >= 0.3 is 0 Å². The molecule has 4 heteroatoms. The Labute approximate surface area is 375 Å². The topological polar surface area (TPSA) is 50.9 Å². The molecule has 0 aliphatic heterocycles. The minimum atomic E-state index is -3.48. The summed E-state index contributed by atoms with van der Waals surface area (Å²) in [5.41, 5.74) is 8.69. The van der Waals surface area contributed by atoms with Gasteiger partial charge in [0.1, 0.15) is 11.6 Å². The van der Waals surface area contributed by atoms with Gasteiger partial charge in [-0.25, -0.2) is 4.98 Å². The number of imidazole rings is 1. The number of benzene rings is 6. The summed E-state index contributed by atoms with van der Waals surface area (Å²) in [7, 11) is 0. The van der Waals surface area contributed by atoms with E-state index >= 15 is 0 Å². The number of nitrogens with zero attached hydrogens (tertiary/aromatic N) is 3. The molecule has 0 aliphatic rings. The van der Waals surface area contributed by atoms with E-state index < -0.39 is 26.0 Å². The van der Waals surface area contributed by atoms with Gasteiger partial charge in [-0.05, 0) is 123 Å². The summed E-state index contributed by atoms with van der Waals surface area (Å²) >= 11 is 0. The molecule has 0 spiro atoms. The van der Waals surface area contributed by atoms with Crippen LogP contribution in [-0.2, 0) is 10.8 Å². The lowest BCUT2D eigenvalue weighted by Gasteiger charge is -2.23. The summed E-state index contributed by atoms with van der Waals surface area (Å²) in [5.74, 6) is 0.448. The number of para-hydroxylation sites is 1. The maximum absolute atomic E-state index is 12.4. The van der Waals surface area contributed by atoms with Gasteiger partial charge < -0.3 is 5.11 Å². The highest BCUT2D eigenvalue weighted by Crippen LogP contribution is 2.45. The van der Waals surface area contributed by atoms with Crippen molar-refractivity contribution in [3.05, 3.63) is 167 Å². The van der Waals surface area contributed by atoms with Gasteiger partial charge in [0.15, 0.2) is 0 Å². The smallest absolute Gasteiger partial charge is 0.149 e. The largest absolute Gasteiger partial charge is 0.507 e. The molecule has 0 saturated carbocycles. The Balaban J connectivity index is 1.48. The Morgan fingerprint density at radius 1 is 0.590 bits per heavy atom. The number of aryl methyl sites for hydroxylation is 1. The number of pyridine rings is 1. The van der Waals surface area contributed by atoms with Gasteiger partial charge in [0, 0.05) is 35.2 Å². The van der Waals surface area contributed by atoms with E-state index in [1.54, 1.807) is 18.2 Å². The Hall–Kier alpha value is -6.26. The summed E-state index contributed by atoms with van der Waals surface area (Å²) in [6.45, 7) is 6.37. The van der Waals surface area contributed by atoms with E-state index in [2.05, 4.69) is 90.1 Å². The molecule has 2 heterocycles. The van der Waals surface area contributed by atoms with Crippen molar-refractivity contribution in [1.29, 1.82) is 0 Å². The van der Waals surface area contributed by atoms with E-state index in [1.807, 2.05) is 79.2 Å². The highest BCUT2D eigenvalue weighted by Gasteiger charge is 2.27. The summed E-state index contributed by atoms with van der Waals surface area (Å²) in [6, 6.07) is 42.3. The molecule has 0 amide bonds. The first-order chi connectivity index (χ1) is 32.7. The molecule has 0 bridgehead atoms. The highest BCUT2D eigenvalue weighted by molar-refractivity contribution is 5.98. The zero-order valence-electron chi connectivity index (χ0n) is 45.2. The number of phenolic OH excluding ortho intramolecular Hbond substituents is 1. The number of hydrogen-bond acceptors (Lipinski definition) is 3. The molecule has 308 valence electrons. The van der Waals surface area contributed by atoms with Crippen LogP contribution in [0.3, 0.4) is 0 Å². The van der Waals surface area contributed by atoms with Gasteiger partial charge in [-0.3, -0.25) is 9.55 Å². The Bertz CT molecular complexity index is 3190. The first-order valence-corrected chi connectivity index (χ1v) is 21.0. The van der Waals surface area contributed by atoms with Gasteiger partial charge in [-0.2, -0.15) is 0 Å². The maximum Gasteiger partial charge on any atom is 0.149 e. The third-order valence-corrected chi connectivity index (χ3v) is 11.7. The van der Waals surface area contributed by atoms with Crippen molar-refractivity contribution < 1.29 is 17.4 Å². The van der Waals surface area contributed by atoms with E-state index in [1.165, 1.54) is 17.7 Å². The number of aromatic nitrogens is 3. The molecule has 61 heavy (non-hydrogen) atoms. The lowest BCUT2D eigenvalue weighted by molar-refractivity contribution is 0.466. The zero-order valence-corrected chi connectivity index (χ0v) is 36.2. The second kappa shape index (κ2) is 16.0. The fourth-order valence-electron chi connectivity index (χ4n) is 8.07. The minimum absolute atomic E-state index is 0.0539. The van der Waals surface area contributed by atoms with Gasteiger partial charge in [0.05, 0.1) is 28.0 Å². The van der Waals surface area contributed by atoms with Crippen LogP contribution in [0.25, 0.3) is 72.7 Å². The molecule has 8 rings (SSSR count). The lowest BCUT2D eigenvalue weighted by Crippen LogP contribution is -2.12. The Morgan fingerprint density at radius 3 is 2.02 bits per heavy atom. The molecule has 0 radical (unpaired) electrons. The van der Waals surface area contributed by atoms with Crippen LogP contribution in [0.4, 0.5) is 0 Å². The van der Waals surface area contributed by atoms with Crippen LogP contribution in [0.2, 0.25) is 0 Å². The van der Waals surface area contributed by atoms with Gasteiger partial charge in [0.2, 0.25) is 0 Å². The molecule has 1 N–H and O–H groups in total. The van der Waals surface area contributed by atoms with Crippen molar-refractivity contribution in [3.8, 4) is 67.5 Å². The van der Waals surface area contributed by atoms with E-state index in [9.17, 15) is 5.11 Å². The zero-order chi connectivity index (χ0) is 50.9. The summed E-state index contributed by atoms with van der Waals surface area (Å²) in [5, 5.41) is 12.4. The fraction of sp³-hybridized carbons (Fsp3) is 0.263.